The predicted molar refractivity (Wildman–Crippen MR) is 140 cm³/mol. The zero-order chi connectivity index (χ0) is 24.4. The number of sulfone groups is 1. The normalized spacial score (nSPS) is 12.4. The van der Waals surface area contributed by atoms with Crippen LogP contribution in [-0.2, 0) is 9.84 Å². The average Bonchev–Trinajstić information content (AvgIpc) is 2.89. The Hall–Kier alpha value is -4.10. The van der Waals surface area contributed by atoms with Crippen molar-refractivity contribution in [1.82, 2.24) is 15.2 Å². The van der Waals surface area contributed by atoms with E-state index in [1.54, 1.807) is 12.3 Å². The van der Waals surface area contributed by atoms with E-state index in [1.807, 2.05) is 48.5 Å². The number of nitrogens with one attached hydrogen (secondary N) is 1. The molecule has 2 heterocycles. The molecule has 5 rings (SSSR count). The number of fused-ring (bicyclic) bond motifs is 1. The van der Waals surface area contributed by atoms with Crippen molar-refractivity contribution in [2.24, 2.45) is 0 Å². The van der Waals surface area contributed by atoms with Crippen LogP contribution in [0.2, 0.25) is 0 Å². The van der Waals surface area contributed by atoms with Crippen molar-refractivity contribution in [3.63, 3.8) is 0 Å². The van der Waals surface area contributed by atoms with Crippen LogP contribution in [0, 0.1) is 0 Å². The third kappa shape index (κ3) is 4.63. The van der Waals surface area contributed by atoms with Crippen LogP contribution in [0.5, 0.6) is 0 Å². The van der Waals surface area contributed by atoms with Crippen LogP contribution in [0.15, 0.2) is 102 Å². The molecule has 0 fully saturated rings. The summed E-state index contributed by atoms with van der Waals surface area (Å²) in [4.78, 5) is 4.31. The van der Waals surface area contributed by atoms with Crippen molar-refractivity contribution in [2.75, 3.05) is 11.6 Å². The molecule has 0 amide bonds. The van der Waals surface area contributed by atoms with Gasteiger partial charge in [0.1, 0.15) is 5.69 Å². The molecule has 6 nitrogen and oxygen atoms in total. The van der Waals surface area contributed by atoms with Gasteiger partial charge in [-0.2, -0.15) is 0 Å². The SMILES string of the molecule is C[C@@H](Nc1nnc(-c2cncc(S(C)(=O)=O)c2)c2cccc(-c3ccccc3)c12)c1ccccc1. The Kier molecular flexibility index (Phi) is 6.01. The Morgan fingerprint density at radius 1 is 0.800 bits per heavy atom. The zero-order valence-corrected chi connectivity index (χ0v) is 20.2. The van der Waals surface area contributed by atoms with Crippen molar-refractivity contribution in [3.8, 4) is 22.4 Å². The van der Waals surface area contributed by atoms with Crippen molar-refractivity contribution in [3.05, 3.63) is 103 Å². The summed E-state index contributed by atoms with van der Waals surface area (Å²) >= 11 is 0. The fraction of sp³-hybridized carbons (Fsp3) is 0.107. The Balaban J connectivity index is 1.73. The molecule has 0 saturated carbocycles. The summed E-state index contributed by atoms with van der Waals surface area (Å²) in [6, 6.07) is 27.9. The Bertz CT molecular complexity index is 1610. The maximum Gasteiger partial charge on any atom is 0.177 e. The maximum absolute atomic E-state index is 12.1. The van der Waals surface area contributed by atoms with Gasteiger partial charge in [-0.15, -0.1) is 10.2 Å². The van der Waals surface area contributed by atoms with Gasteiger partial charge in [0.25, 0.3) is 0 Å². The summed E-state index contributed by atoms with van der Waals surface area (Å²) in [6.07, 6.45) is 4.14. The number of hydrogen-bond donors (Lipinski definition) is 1. The second kappa shape index (κ2) is 9.27. The summed E-state index contributed by atoms with van der Waals surface area (Å²) in [7, 11) is -3.42. The summed E-state index contributed by atoms with van der Waals surface area (Å²) in [5.74, 6) is 0.659. The van der Waals surface area contributed by atoms with E-state index in [0.29, 0.717) is 17.1 Å². The van der Waals surface area contributed by atoms with Crippen LogP contribution in [0.3, 0.4) is 0 Å². The van der Waals surface area contributed by atoms with Gasteiger partial charge in [-0.05, 0) is 29.7 Å². The van der Waals surface area contributed by atoms with Crippen LogP contribution in [0.25, 0.3) is 33.2 Å². The smallest absolute Gasteiger partial charge is 0.177 e. The predicted octanol–water partition coefficient (Wildman–Crippen LogP) is 5.94. The van der Waals surface area contributed by atoms with E-state index in [1.165, 1.54) is 12.5 Å². The molecule has 35 heavy (non-hydrogen) atoms. The molecule has 0 unspecified atom stereocenters. The largest absolute Gasteiger partial charge is 0.362 e. The molecule has 2 aromatic heterocycles. The van der Waals surface area contributed by atoms with E-state index in [2.05, 4.69) is 57.8 Å². The lowest BCUT2D eigenvalue weighted by molar-refractivity contribution is 0.601. The maximum atomic E-state index is 12.1. The first-order valence-corrected chi connectivity index (χ1v) is 13.1. The number of anilines is 1. The van der Waals surface area contributed by atoms with Crippen LogP contribution >= 0.6 is 0 Å². The van der Waals surface area contributed by atoms with Gasteiger partial charge in [0.2, 0.25) is 0 Å². The lowest BCUT2D eigenvalue weighted by atomic mass is 9.96. The fourth-order valence-electron chi connectivity index (χ4n) is 4.16. The number of aromatic nitrogens is 3. The fourth-order valence-corrected chi connectivity index (χ4v) is 4.76. The Morgan fingerprint density at radius 2 is 1.51 bits per heavy atom. The van der Waals surface area contributed by atoms with Crippen LogP contribution < -0.4 is 5.32 Å². The second-order valence-electron chi connectivity index (χ2n) is 8.45. The molecule has 1 N–H and O–H groups in total. The quantitative estimate of drug-likeness (QED) is 0.324. The molecule has 0 aliphatic heterocycles. The van der Waals surface area contributed by atoms with Crippen molar-refractivity contribution in [1.29, 1.82) is 0 Å². The highest BCUT2D eigenvalue weighted by Crippen LogP contribution is 2.38. The lowest BCUT2D eigenvalue weighted by Crippen LogP contribution is -2.10. The topological polar surface area (TPSA) is 84.8 Å². The molecule has 0 radical (unpaired) electrons. The van der Waals surface area contributed by atoms with E-state index in [0.717, 1.165) is 27.5 Å². The van der Waals surface area contributed by atoms with Gasteiger partial charge < -0.3 is 5.32 Å². The number of hydrogen-bond acceptors (Lipinski definition) is 6. The molecule has 3 aromatic carbocycles. The van der Waals surface area contributed by atoms with Crippen LogP contribution in [0.1, 0.15) is 18.5 Å². The lowest BCUT2D eigenvalue weighted by Gasteiger charge is -2.19. The second-order valence-corrected chi connectivity index (χ2v) is 10.5. The average molecular weight is 481 g/mol. The summed E-state index contributed by atoms with van der Waals surface area (Å²) < 4.78 is 24.3. The van der Waals surface area contributed by atoms with Gasteiger partial charge in [0.05, 0.1) is 10.9 Å². The minimum absolute atomic E-state index is 0.00129. The van der Waals surface area contributed by atoms with Crippen LogP contribution in [-0.4, -0.2) is 29.9 Å². The van der Waals surface area contributed by atoms with Gasteiger partial charge in [0.15, 0.2) is 15.7 Å². The first kappa shape index (κ1) is 22.7. The Morgan fingerprint density at radius 3 is 2.23 bits per heavy atom. The van der Waals surface area contributed by atoms with E-state index in [-0.39, 0.29) is 10.9 Å². The molecule has 0 aliphatic carbocycles. The highest BCUT2D eigenvalue weighted by molar-refractivity contribution is 7.90. The monoisotopic (exact) mass is 480 g/mol. The summed E-state index contributed by atoms with van der Waals surface area (Å²) in [5.41, 5.74) is 4.37. The third-order valence-corrected chi connectivity index (χ3v) is 7.04. The van der Waals surface area contributed by atoms with Crippen molar-refractivity contribution in [2.45, 2.75) is 17.9 Å². The third-order valence-electron chi connectivity index (χ3n) is 5.96. The van der Waals surface area contributed by atoms with E-state index < -0.39 is 9.84 Å². The van der Waals surface area contributed by atoms with Gasteiger partial charge in [-0.25, -0.2) is 8.42 Å². The molecule has 0 bridgehead atoms. The van der Waals surface area contributed by atoms with Gasteiger partial charge in [0, 0.05) is 35.0 Å². The van der Waals surface area contributed by atoms with Gasteiger partial charge >= 0.3 is 0 Å². The minimum atomic E-state index is -3.42. The van der Waals surface area contributed by atoms with Crippen LogP contribution in [0.4, 0.5) is 5.82 Å². The molecule has 7 heteroatoms. The molecular formula is C28H24N4O2S. The van der Waals surface area contributed by atoms with E-state index in [4.69, 9.17) is 0 Å². The number of benzene rings is 3. The molecule has 0 saturated heterocycles. The number of pyridine rings is 1. The minimum Gasteiger partial charge on any atom is -0.362 e. The summed E-state index contributed by atoms with van der Waals surface area (Å²) in [6.45, 7) is 2.08. The first-order chi connectivity index (χ1) is 16.9. The molecule has 0 aliphatic rings. The van der Waals surface area contributed by atoms with Crippen molar-refractivity contribution < 1.29 is 8.42 Å². The molecular weight excluding hydrogens is 456 g/mol. The number of nitrogens with zero attached hydrogens (tertiary/aromatic N) is 3. The van der Waals surface area contributed by atoms with Gasteiger partial charge in [-0.3, -0.25) is 4.98 Å². The zero-order valence-electron chi connectivity index (χ0n) is 19.4. The Labute approximate surface area is 204 Å². The van der Waals surface area contributed by atoms with Crippen molar-refractivity contribution >= 4 is 26.4 Å². The van der Waals surface area contributed by atoms with Gasteiger partial charge in [-0.1, -0.05) is 78.9 Å². The first-order valence-electron chi connectivity index (χ1n) is 11.2. The molecule has 5 aromatic rings. The standard InChI is InChI=1S/C28H24N4O2S/c1-19(20-10-5-3-6-11-20)30-28-26-24(21-12-7-4-8-13-21)14-9-15-25(26)27(31-32-28)22-16-23(18-29-17-22)35(2,33)34/h3-19H,1-2H3,(H,30,32)/t19-/m1/s1. The summed E-state index contributed by atoms with van der Waals surface area (Å²) in [5, 5.41) is 14.4. The number of rotatable bonds is 6. The molecule has 1 atom stereocenters. The molecule has 0 spiro atoms. The van der Waals surface area contributed by atoms with E-state index in [9.17, 15) is 8.42 Å². The highest BCUT2D eigenvalue weighted by Gasteiger charge is 2.18. The highest BCUT2D eigenvalue weighted by atomic mass is 32.2. The molecule has 174 valence electrons. The van der Waals surface area contributed by atoms with E-state index >= 15 is 0 Å².